The highest BCUT2D eigenvalue weighted by atomic mass is 16.5. The molecule has 0 atom stereocenters. The Morgan fingerprint density at radius 2 is 0.688 bits per heavy atom. The summed E-state index contributed by atoms with van der Waals surface area (Å²) in [4.78, 5) is 9.00. The molecule has 0 aromatic rings. The van der Waals surface area contributed by atoms with E-state index in [0.717, 1.165) is 6.92 Å². The van der Waals surface area contributed by atoms with E-state index in [4.69, 9.17) is 55.1 Å². The minimum Gasteiger partial charge on any atom is -0.481 e. The summed E-state index contributed by atoms with van der Waals surface area (Å²) in [7, 11) is -6.50. The van der Waals surface area contributed by atoms with Gasteiger partial charge in [0.15, 0.2) is 0 Å². The quantitative estimate of drug-likeness (QED) is 0.181. The van der Waals surface area contributed by atoms with E-state index in [9.17, 15) is 0 Å². The van der Waals surface area contributed by atoms with Crippen LogP contribution in [0.25, 0.3) is 0 Å². The van der Waals surface area contributed by atoms with Crippen molar-refractivity contribution in [3.05, 3.63) is 0 Å². The fourth-order valence-corrected chi connectivity index (χ4v) is 0. The molecular weight excluding hydrogens is 232 g/mol. The van der Waals surface area contributed by atoms with Gasteiger partial charge in [0.2, 0.25) is 0 Å². The molecule has 10 N–H and O–H groups in total. The van der Waals surface area contributed by atoms with Gasteiger partial charge in [0.1, 0.15) is 0 Å². The number of hydrogen-bond donors (Lipinski definition) is 10. The molecule has 0 aromatic carbocycles. The van der Waals surface area contributed by atoms with Crippen LogP contribution in [0.5, 0.6) is 0 Å². The Bertz CT molecular complexity index is 99.9. The maximum Gasteiger partial charge on any atom is 0.631 e. The lowest BCUT2D eigenvalue weighted by atomic mass is 10.3. The predicted octanol–water partition coefficient (Wildman–Crippen LogP) is -6.06. The van der Waals surface area contributed by atoms with Crippen molar-refractivity contribution in [1.29, 1.82) is 0 Å². The molecule has 0 aromatic heterocycles. The lowest BCUT2D eigenvalue weighted by molar-refractivity contribution is -0.134. The summed E-state index contributed by atoms with van der Waals surface area (Å²) in [5, 5.41) is 71.9. The fourth-order valence-electron chi connectivity index (χ4n) is 0. The van der Waals surface area contributed by atoms with E-state index >= 15 is 0 Å². The molecule has 0 aliphatic carbocycles. The third-order valence-corrected chi connectivity index (χ3v) is 0. The zero-order valence-electron chi connectivity index (χ0n) is 8.11. The Balaban J connectivity index is -0.0000000600. The van der Waals surface area contributed by atoms with Crippen molar-refractivity contribution in [3.63, 3.8) is 0 Å². The van der Waals surface area contributed by atoms with Gasteiger partial charge < -0.3 is 50.3 Å². The number of rotatable bonds is 0. The maximum absolute atomic E-state index is 9.00. The molecule has 0 saturated heterocycles. The molecule has 0 rings (SSSR count). The largest absolute Gasteiger partial charge is 0.631 e. The van der Waals surface area contributed by atoms with Crippen LogP contribution < -0.4 is 0 Å². The monoisotopic (exact) mass is 246 g/mol. The first-order valence-electron chi connectivity index (χ1n) is 3.25. The van der Waals surface area contributed by atoms with Crippen molar-refractivity contribution in [2.24, 2.45) is 0 Å². The topological polar surface area (TPSA) is 219 Å². The van der Waals surface area contributed by atoms with Crippen molar-refractivity contribution >= 4 is 27.9 Å². The highest BCUT2D eigenvalue weighted by molar-refractivity contribution is 6.31. The number of hydrogen-bond acceptors (Lipinski definition) is 10. The van der Waals surface area contributed by atoms with E-state index in [1.807, 2.05) is 0 Å². The molecule has 0 amide bonds. The van der Waals surface area contributed by atoms with E-state index in [1.165, 1.54) is 0 Å². The summed E-state index contributed by atoms with van der Waals surface area (Å²) in [6.45, 7) is 1.08. The zero-order chi connectivity index (χ0) is 14.3. The Hall–Kier alpha value is -0.695. The lowest BCUT2D eigenvalue weighted by Crippen LogP contribution is -2.07. The third-order valence-electron chi connectivity index (χ3n) is 0. The Morgan fingerprint density at radius 3 is 0.688 bits per heavy atom. The minimum atomic E-state index is -2.17. The van der Waals surface area contributed by atoms with Crippen molar-refractivity contribution in [1.82, 2.24) is 0 Å². The van der Waals surface area contributed by atoms with Crippen LogP contribution in [0.4, 0.5) is 0 Å². The lowest BCUT2D eigenvalue weighted by Gasteiger charge is -1.69. The van der Waals surface area contributed by atoms with Gasteiger partial charge in [-0.15, -0.1) is 0 Å². The van der Waals surface area contributed by atoms with Crippen molar-refractivity contribution in [2.75, 3.05) is 0 Å². The number of carbonyl (C=O) groups is 1. The van der Waals surface area contributed by atoms with Crippen LogP contribution in [0.2, 0.25) is 0 Å². The van der Waals surface area contributed by atoms with E-state index in [0.29, 0.717) is 0 Å². The summed E-state index contributed by atoms with van der Waals surface area (Å²) in [6, 6.07) is 0. The van der Waals surface area contributed by atoms with Crippen LogP contribution in [0.3, 0.4) is 0 Å². The Kier molecular flexibility index (Phi) is 30.3. The third kappa shape index (κ3) is 4170. The molecular formula is C2H13B3O11. The SMILES string of the molecule is CC(=O)O.OB(O)O.OB(O)O.OB(O)O. The van der Waals surface area contributed by atoms with Gasteiger partial charge >= 0.3 is 22.0 Å². The first-order valence-corrected chi connectivity index (χ1v) is 3.25. The molecule has 0 radical (unpaired) electrons. The highest BCUT2D eigenvalue weighted by Crippen LogP contribution is 1.42. The normalized spacial score (nSPS) is 6.62. The molecule has 11 nitrogen and oxygen atoms in total. The van der Waals surface area contributed by atoms with Crippen LogP contribution in [0.1, 0.15) is 6.92 Å². The van der Waals surface area contributed by atoms with Crippen LogP contribution in [0.15, 0.2) is 0 Å². The maximum atomic E-state index is 9.00. The second kappa shape index (κ2) is 19.8. The summed E-state index contributed by atoms with van der Waals surface area (Å²) < 4.78 is 0. The molecule has 0 bridgehead atoms. The summed E-state index contributed by atoms with van der Waals surface area (Å²) in [5.41, 5.74) is 0. The van der Waals surface area contributed by atoms with Gasteiger partial charge in [-0.2, -0.15) is 0 Å². The molecule has 14 heteroatoms. The van der Waals surface area contributed by atoms with Gasteiger partial charge in [-0.3, -0.25) is 4.79 Å². The van der Waals surface area contributed by atoms with E-state index in [1.54, 1.807) is 0 Å². The molecule has 16 heavy (non-hydrogen) atoms. The first kappa shape index (κ1) is 24.5. The summed E-state index contributed by atoms with van der Waals surface area (Å²) >= 11 is 0. The fraction of sp³-hybridized carbons (Fsp3) is 0.500. The van der Waals surface area contributed by atoms with Crippen LogP contribution in [-0.4, -0.2) is 78.3 Å². The molecule has 0 aliphatic rings. The van der Waals surface area contributed by atoms with Gasteiger partial charge in [0.25, 0.3) is 5.97 Å². The molecule has 96 valence electrons. The molecule has 0 unspecified atom stereocenters. The summed E-state index contributed by atoms with van der Waals surface area (Å²) in [5.74, 6) is -0.833. The second-order valence-electron chi connectivity index (χ2n) is 1.56. The number of carboxylic acids is 1. The molecule has 0 aliphatic heterocycles. The average molecular weight is 246 g/mol. The first-order chi connectivity index (χ1) is 6.93. The van der Waals surface area contributed by atoms with E-state index < -0.39 is 27.9 Å². The van der Waals surface area contributed by atoms with Gasteiger partial charge in [0.05, 0.1) is 0 Å². The number of aliphatic carboxylic acids is 1. The second-order valence-corrected chi connectivity index (χ2v) is 1.56. The van der Waals surface area contributed by atoms with E-state index in [2.05, 4.69) is 0 Å². The highest BCUT2D eigenvalue weighted by Gasteiger charge is 1.93. The molecule has 0 fully saturated rings. The van der Waals surface area contributed by atoms with Crippen molar-refractivity contribution in [2.45, 2.75) is 6.92 Å². The van der Waals surface area contributed by atoms with Crippen molar-refractivity contribution in [3.8, 4) is 0 Å². The van der Waals surface area contributed by atoms with Gasteiger partial charge in [0, 0.05) is 6.92 Å². The summed E-state index contributed by atoms with van der Waals surface area (Å²) in [6.07, 6.45) is 0. The van der Waals surface area contributed by atoms with E-state index in [-0.39, 0.29) is 0 Å². The smallest absolute Gasteiger partial charge is 0.481 e. The van der Waals surface area contributed by atoms with Crippen LogP contribution >= 0.6 is 0 Å². The molecule has 0 heterocycles. The van der Waals surface area contributed by atoms with Gasteiger partial charge in [-0.25, -0.2) is 0 Å². The van der Waals surface area contributed by atoms with Crippen LogP contribution in [0, 0.1) is 0 Å². The minimum absolute atomic E-state index is 0.833. The van der Waals surface area contributed by atoms with Crippen molar-refractivity contribution < 1.29 is 55.1 Å². The molecule has 0 spiro atoms. The predicted molar refractivity (Wildman–Crippen MR) is 50.5 cm³/mol. The van der Waals surface area contributed by atoms with Crippen LogP contribution in [-0.2, 0) is 4.79 Å². The number of carboxylic acid groups (broad SMARTS) is 1. The van der Waals surface area contributed by atoms with Gasteiger partial charge in [-0.1, -0.05) is 0 Å². The van der Waals surface area contributed by atoms with Gasteiger partial charge in [-0.05, 0) is 0 Å². The Labute approximate surface area is 91.0 Å². The molecule has 0 saturated carbocycles. The average Bonchev–Trinajstić information content (AvgIpc) is 1.76. The Morgan fingerprint density at radius 1 is 0.688 bits per heavy atom. The zero-order valence-corrected chi connectivity index (χ0v) is 8.11. The standard InChI is InChI=1S/C2H4O2.3BH3O3/c1-2(3)4;3*2-1(3)4/h1H3,(H,3,4);3*2-4H.